The minimum atomic E-state index is -0.615. The molecule has 3 aromatic carbocycles. The molecule has 0 saturated heterocycles. The third kappa shape index (κ3) is 6.82. The van der Waals surface area contributed by atoms with Gasteiger partial charge < -0.3 is 15.8 Å². The van der Waals surface area contributed by atoms with Gasteiger partial charge in [0.05, 0.1) is 11.9 Å². The molecule has 2 amide bonds. The first-order chi connectivity index (χ1) is 17.4. The van der Waals surface area contributed by atoms with Crippen LogP contribution in [0.1, 0.15) is 15.9 Å². The van der Waals surface area contributed by atoms with E-state index in [0.29, 0.717) is 26.9 Å². The first kappa shape index (κ1) is 25.2. The van der Waals surface area contributed by atoms with E-state index in [4.69, 9.17) is 33.7 Å². The zero-order chi connectivity index (χ0) is 25.5. The number of carbonyl (C=O) groups excluding carboxylic acids is 2. The van der Waals surface area contributed by atoms with E-state index in [1.807, 2.05) is 29.6 Å². The van der Waals surface area contributed by atoms with Crippen molar-refractivity contribution in [2.24, 2.45) is 10.8 Å². The molecule has 4 N–H and O–H groups in total. The maximum atomic E-state index is 12.5. The fourth-order valence-corrected chi connectivity index (χ4v) is 4.08. The highest BCUT2D eigenvalue weighted by Gasteiger charge is 2.09. The summed E-state index contributed by atoms with van der Waals surface area (Å²) in [6.45, 7) is -0.293. The van der Waals surface area contributed by atoms with Gasteiger partial charge in [0.15, 0.2) is 11.7 Å². The number of hydrogen-bond acceptors (Lipinski definition) is 7. The number of anilines is 2. The van der Waals surface area contributed by atoms with Gasteiger partial charge in [0, 0.05) is 37.8 Å². The number of thiazole rings is 1. The van der Waals surface area contributed by atoms with E-state index >= 15 is 0 Å². The molecule has 0 spiro atoms. The molecule has 182 valence electrons. The van der Waals surface area contributed by atoms with Crippen LogP contribution >= 0.6 is 34.5 Å². The Morgan fingerprint density at radius 3 is 2.47 bits per heavy atom. The largest absolute Gasteiger partial charge is 0.483 e. The second kappa shape index (κ2) is 11.7. The molecule has 0 aliphatic heterocycles. The maximum Gasteiger partial charge on any atom is 0.271 e. The average Bonchev–Trinajstić information content (AvgIpc) is 3.33. The fraction of sp³-hybridized carbons (Fsp3) is 0.0400. The maximum absolute atomic E-state index is 12.5. The van der Waals surface area contributed by atoms with Crippen molar-refractivity contribution in [2.45, 2.75) is 0 Å². The van der Waals surface area contributed by atoms with Crippen molar-refractivity contribution >= 4 is 63.4 Å². The Labute approximate surface area is 220 Å². The van der Waals surface area contributed by atoms with Crippen molar-refractivity contribution in [1.82, 2.24) is 10.4 Å². The van der Waals surface area contributed by atoms with Crippen LogP contribution in [0.2, 0.25) is 10.0 Å². The second-order valence-electron chi connectivity index (χ2n) is 7.38. The average molecular weight is 540 g/mol. The Morgan fingerprint density at radius 1 is 1.03 bits per heavy atom. The number of ether oxygens (including phenoxy) is 1. The van der Waals surface area contributed by atoms with E-state index in [0.717, 1.165) is 22.1 Å². The molecule has 0 radical (unpaired) electrons. The number of carbonyl (C=O) groups is 2. The number of nitrogens with two attached hydrogens (primary N) is 1. The predicted molar refractivity (Wildman–Crippen MR) is 143 cm³/mol. The van der Waals surface area contributed by atoms with Crippen LogP contribution in [0.25, 0.3) is 11.3 Å². The van der Waals surface area contributed by atoms with Gasteiger partial charge in [0.25, 0.3) is 11.8 Å². The van der Waals surface area contributed by atoms with Crippen LogP contribution in [0.5, 0.6) is 5.75 Å². The van der Waals surface area contributed by atoms with Gasteiger partial charge in [0.2, 0.25) is 0 Å². The number of hydrogen-bond donors (Lipinski definition) is 3. The van der Waals surface area contributed by atoms with Crippen LogP contribution in [0.3, 0.4) is 0 Å². The van der Waals surface area contributed by atoms with Crippen LogP contribution in [0.4, 0.5) is 10.8 Å². The van der Waals surface area contributed by atoms with Gasteiger partial charge >= 0.3 is 0 Å². The highest BCUT2D eigenvalue weighted by Crippen LogP contribution is 2.28. The fourth-order valence-electron chi connectivity index (χ4n) is 3.04. The SMILES string of the molecule is NC(=O)COc1ccc(Cl)cc1/C=N\NC(=O)c1ccc(-c2csc(Nc3ccc(Cl)cc3)n2)cc1. The van der Waals surface area contributed by atoms with Crippen molar-refractivity contribution in [3.63, 3.8) is 0 Å². The standard InChI is InChI=1S/C25H19Cl2N5O3S/c26-18-5-8-20(9-6-18)30-25-31-21(14-36-25)15-1-3-16(4-2-15)24(34)32-29-12-17-11-19(27)7-10-22(17)35-13-23(28)33/h1-12,14H,13H2,(H2,28,33)(H,30,31)(H,32,34)/b29-12-. The number of nitrogens with zero attached hydrogens (tertiary/aromatic N) is 2. The van der Waals surface area contributed by atoms with E-state index in [1.54, 1.807) is 42.5 Å². The lowest BCUT2D eigenvalue weighted by atomic mass is 10.1. The van der Waals surface area contributed by atoms with E-state index in [9.17, 15) is 9.59 Å². The summed E-state index contributed by atoms with van der Waals surface area (Å²) < 4.78 is 5.34. The van der Waals surface area contributed by atoms with Crippen LogP contribution in [0, 0.1) is 0 Å². The predicted octanol–water partition coefficient (Wildman–Crippen LogP) is 5.49. The smallest absolute Gasteiger partial charge is 0.271 e. The summed E-state index contributed by atoms with van der Waals surface area (Å²) in [4.78, 5) is 28.1. The van der Waals surface area contributed by atoms with Gasteiger partial charge in [-0.05, 0) is 54.6 Å². The Hall–Kier alpha value is -3.92. The molecule has 0 aliphatic rings. The van der Waals surface area contributed by atoms with E-state index in [1.165, 1.54) is 17.6 Å². The number of aromatic nitrogens is 1. The summed E-state index contributed by atoms with van der Waals surface area (Å²) in [5, 5.41) is 11.0. The van der Waals surface area contributed by atoms with Gasteiger partial charge in [-0.15, -0.1) is 11.3 Å². The highest BCUT2D eigenvalue weighted by molar-refractivity contribution is 7.14. The molecule has 8 nitrogen and oxygen atoms in total. The first-order valence-corrected chi connectivity index (χ1v) is 12.1. The van der Waals surface area contributed by atoms with Crippen molar-refractivity contribution in [3.8, 4) is 17.0 Å². The van der Waals surface area contributed by atoms with E-state index in [2.05, 4.69) is 20.8 Å². The summed E-state index contributed by atoms with van der Waals surface area (Å²) in [7, 11) is 0. The molecule has 11 heteroatoms. The van der Waals surface area contributed by atoms with Gasteiger partial charge in [-0.2, -0.15) is 5.10 Å². The lowest BCUT2D eigenvalue weighted by Gasteiger charge is -2.07. The first-order valence-electron chi connectivity index (χ1n) is 10.5. The summed E-state index contributed by atoms with van der Waals surface area (Å²) >= 11 is 13.4. The molecule has 0 atom stereocenters. The van der Waals surface area contributed by atoms with Gasteiger partial charge in [-0.3, -0.25) is 9.59 Å². The molecule has 1 aromatic heterocycles. The molecule has 4 aromatic rings. The van der Waals surface area contributed by atoms with Gasteiger partial charge in [-0.25, -0.2) is 10.4 Å². The third-order valence-corrected chi connectivity index (χ3v) is 6.00. The number of benzene rings is 3. The van der Waals surface area contributed by atoms with Crippen LogP contribution in [-0.4, -0.2) is 29.6 Å². The summed E-state index contributed by atoms with van der Waals surface area (Å²) in [6, 6.07) is 19.1. The molecule has 0 bridgehead atoms. The highest BCUT2D eigenvalue weighted by atomic mass is 35.5. The topological polar surface area (TPSA) is 119 Å². The van der Waals surface area contributed by atoms with Gasteiger partial charge in [0.1, 0.15) is 5.75 Å². The van der Waals surface area contributed by atoms with Crippen LogP contribution < -0.4 is 21.2 Å². The Kier molecular flexibility index (Phi) is 8.17. The molecule has 4 rings (SSSR count). The quantitative estimate of drug-likeness (QED) is 0.192. The van der Waals surface area contributed by atoms with Crippen molar-refractivity contribution < 1.29 is 14.3 Å². The number of nitrogens with one attached hydrogen (secondary N) is 2. The summed E-state index contributed by atoms with van der Waals surface area (Å²) in [5.41, 5.74) is 11.0. The molecule has 0 aliphatic carbocycles. The molecular formula is C25H19Cl2N5O3S. The molecule has 0 unspecified atom stereocenters. The Bertz CT molecular complexity index is 1410. The monoisotopic (exact) mass is 539 g/mol. The lowest BCUT2D eigenvalue weighted by Crippen LogP contribution is -2.20. The lowest BCUT2D eigenvalue weighted by molar-refractivity contribution is -0.119. The molecular weight excluding hydrogens is 521 g/mol. The van der Waals surface area contributed by atoms with Crippen LogP contribution in [-0.2, 0) is 4.79 Å². The van der Waals surface area contributed by atoms with E-state index in [-0.39, 0.29) is 6.61 Å². The summed E-state index contributed by atoms with van der Waals surface area (Å²) in [5.74, 6) is -0.659. The number of halogens is 2. The number of rotatable bonds is 9. The normalized spacial score (nSPS) is 10.8. The minimum Gasteiger partial charge on any atom is -0.483 e. The van der Waals surface area contributed by atoms with E-state index < -0.39 is 11.8 Å². The van der Waals surface area contributed by atoms with Gasteiger partial charge in [-0.1, -0.05) is 35.3 Å². The number of amides is 2. The zero-order valence-corrected chi connectivity index (χ0v) is 20.9. The minimum absolute atomic E-state index is 0.293. The van der Waals surface area contributed by atoms with Crippen molar-refractivity contribution in [3.05, 3.63) is 93.3 Å². The second-order valence-corrected chi connectivity index (χ2v) is 9.11. The Balaban J connectivity index is 1.38. The zero-order valence-electron chi connectivity index (χ0n) is 18.6. The Morgan fingerprint density at radius 2 is 1.75 bits per heavy atom. The number of hydrazone groups is 1. The number of primary amides is 1. The van der Waals surface area contributed by atoms with Crippen molar-refractivity contribution in [1.29, 1.82) is 0 Å². The molecule has 0 fully saturated rings. The molecule has 36 heavy (non-hydrogen) atoms. The molecule has 1 heterocycles. The summed E-state index contributed by atoms with van der Waals surface area (Å²) in [6.07, 6.45) is 1.37. The third-order valence-electron chi connectivity index (χ3n) is 4.75. The van der Waals surface area contributed by atoms with Crippen LogP contribution in [0.15, 0.2) is 77.2 Å². The van der Waals surface area contributed by atoms with Crippen molar-refractivity contribution in [2.75, 3.05) is 11.9 Å². The molecule has 0 saturated carbocycles.